The highest BCUT2D eigenvalue weighted by Gasteiger charge is 2.33. The summed E-state index contributed by atoms with van der Waals surface area (Å²) in [6.45, 7) is 6.16. The first-order chi connectivity index (χ1) is 21.7. The number of fused-ring (bicyclic) bond motifs is 2. The molecule has 0 spiro atoms. The van der Waals surface area contributed by atoms with Crippen molar-refractivity contribution in [1.29, 1.82) is 0 Å². The number of para-hydroxylation sites is 1. The van der Waals surface area contributed by atoms with Gasteiger partial charge in [0.05, 0.1) is 12.6 Å². The average molecular weight is 609 g/mol. The fraction of sp³-hybridized carbons (Fsp3) is 0.333. The Hall–Kier alpha value is -4.94. The molecule has 0 saturated carbocycles. The second-order valence-electron chi connectivity index (χ2n) is 12.1. The third-order valence-electron chi connectivity index (χ3n) is 7.91. The van der Waals surface area contributed by atoms with Crippen LogP contribution in [0, 0.1) is 0 Å². The second kappa shape index (κ2) is 12.6. The van der Waals surface area contributed by atoms with E-state index in [-0.39, 0.29) is 18.2 Å². The Morgan fingerprint density at radius 3 is 2.69 bits per heavy atom. The number of nitrogens with one attached hydrogen (secondary N) is 3. The topological polar surface area (TPSA) is 162 Å². The number of aliphatic hydroxyl groups excluding tert-OH is 1. The van der Waals surface area contributed by atoms with Crippen molar-refractivity contribution in [2.75, 3.05) is 11.4 Å². The fourth-order valence-corrected chi connectivity index (χ4v) is 5.66. The van der Waals surface area contributed by atoms with E-state index < -0.39 is 17.7 Å². The van der Waals surface area contributed by atoms with Crippen molar-refractivity contribution in [3.8, 4) is 22.8 Å². The van der Waals surface area contributed by atoms with Gasteiger partial charge in [0.2, 0.25) is 17.7 Å². The number of aromatic nitrogens is 5. The summed E-state index contributed by atoms with van der Waals surface area (Å²) in [7, 11) is 0. The molecule has 1 aliphatic rings. The smallest absolute Gasteiger partial charge is 0.249 e. The van der Waals surface area contributed by atoms with Gasteiger partial charge in [0.25, 0.3) is 0 Å². The first-order valence-electron chi connectivity index (χ1n) is 15.0. The number of aromatic amines is 1. The van der Waals surface area contributed by atoms with Crippen molar-refractivity contribution >= 4 is 28.6 Å². The number of anilines is 1. The van der Waals surface area contributed by atoms with Crippen LogP contribution in [0.4, 0.5) is 5.69 Å². The molecule has 232 valence electrons. The van der Waals surface area contributed by atoms with Crippen LogP contribution in [-0.4, -0.2) is 66.8 Å². The van der Waals surface area contributed by atoms with E-state index in [9.17, 15) is 14.7 Å². The number of rotatable bonds is 10. The summed E-state index contributed by atoms with van der Waals surface area (Å²) in [6, 6.07) is 20.5. The van der Waals surface area contributed by atoms with Gasteiger partial charge in [-0.2, -0.15) is 0 Å². The van der Waals surface area contributed by atoms with Crippen LogP contribution in [0.3, 0.4) is 0 Å². The highest BCUT2D eigenvalue weighted by molar-refractivity contribution is 6.00. The van der Waals surface area contributed by atoms with Gasteiger partial charge in [-0.05, 0) is 79.4 Å². The van der Waals surface area contributed by atoms with E-state index in [1.54, 1.807) is 11.8 Å². The van der Waals surface area contributed by atoms with Gasteiger partial charge < -0.3 is 25.1 Å². The summed E-state index contributed by atoms with van der Waals surface area (Å²) in [5, 5.41) is 30.0. The Kier molecular flexibility index (Phi) is 8.42. The molecular weight excluding hydrogens is 572 g/mol. The minimum absolute atomic E-state index is 0.164. The van der Waals surface area contributed by atoms with Crippen molar-refractivity contribution in [3.05, 3.63) is 77.9 Å². The summed E-state index contributed by atoms with van der Waals surface area (Å²) >= 11 is 0. The lowest BCUT2D eigenvalue weighted by Crippen LogP contribution is -2.51. The SMILES string of the molecule is C[C@@H](O)CNC(C)(C)CC(=O)N[C@@H]1CCc2ccccc2N(Cc2ccc3oc(-c4ccccc4-c4nnn[nH]4)nc3c2)C1=O. The molecule has 3 heterocycles. The quantitative estimate of drug-likeness (QED) is 0.185. The maximum absolute atomic E-state index is 14.0. The zero-order chi connectivity index (χ0) is 31.6. The number of carbonyl (C=O) groups excluding carboxylic acids is 2. The van der Waals surface area contributed by atoms with Gasteiger partial charge in [-0.15, -0.1) is 5.10 Å². The maximum Gasteiger partial charge on any atom is 0.249 e. The minimum atomic E-state index is -0.679. The van der Waals surface area contributed by atoms with Crippen LogP contribution in [0.2, 0.25) is 0 Å². The van der Waals surface area contributed by atoms with Gasteiger partial charge in [0.15, 0.2) is 11.4 Å². The normalized spacial score (nSPS) is 16.0. The summed E-state index contributed by atoms with van der Waals surface area (Å²) in [6.07, 6.45) is 0.778. The van der Waals surface area contributed by atoms with Crippen LogP contribution in [0.25, 0.3) is 33.9 Å². The Morgan fingerprint density at radius 1 is 1.13 bits per heavy atom. The molecule has 45 heavy (non-hydrogen) atoms. The Balaban J connectivity index is 1.24. The molecule has 2 aromatic heterocycles. The van der Waals surface area contributed by atoms with E-state index in [2.05, 4.69) is 31.3 Å². The number of hydrogen-bond donors (Lipinski definition) is 4. The lowest BCUT2D eigenvalue weighted by Gasteiger charge is -2.29. The number of benzene rings is 3. The van der Waals surface area contributed by atoms with E-state index in [1.165, 1.54) is 0 Å². The van der Waals surface area contributed by atoms with Crippen molar-refractivity contribution in [1.82, 2.24) is 36.2 Å². The van der Waals surface area contributed by atoms with Crippen molar-refractivity contribution < 1.29 is 19.1 Å². The molecule has 12 heteroatoms. The molecule has 12 nitrogen and oxygen atoms in total. The van der Waals surface area contributed by atoms with Crippen molar-refractivity contribution in [3.63, 3.8) is 0 Å². The van der Waals surface area contributed by atoms with E-state index in [4.69, 9.17) is 9.40 Å². The lowest BCUT2D eigenvalue weighted by atomic mass is 9.99. The third-order valence-corrected chi connectivity index (χ3v) is 7.91. The first-order valence-corrected chi connectivity index (χ1v) is 15.0. The summed E-state index contributed by atoms with van der Waals surface area (Å²) in [5.41, 5.74) is 4.96. The standard InChI is InChI=1S/C33H36N8O4/c1-20(42)18-34-33(2,3)17-29(43)35-25-14-13-22-8-4-7-11-27(22)41(32(25)44)19-21-12-15-28-26(16-21)36-31(45-28)24-10-6-5-9-23(24)30-37-39-40-38-30/h4-12,15-16,20,25,34,42H,13-14,17-19H2,1-3H3,(H,35,43)(H,37,38,39,40)/t20-,25-/m1/s1. The highest BCUT2D eigenvalue weighted by atomic mass is 16.3. The number of amides is 2. The zero-order valence-electron chi connectivity index (χ0n) is 25.4. The van der Waals surface area contributed by atoms with Gasteiger partial charge in [0, 0.05) is 35.3 Å². The summed E-state index contributed by atoms with van der Waals surface area (Å²) in [4.78, 5) is 33.7. The number of oxazole rings is 1. The van der Waals surface area contributed by atoms with Gasteiger partial charge in [-0.25, -0.2) is 10.1 Å². The van der Waals surface area contributed by atoms with Gasteiger partial charge >= 0.3 is 0 Å². The molecule has 2 atom stereocenters. The number of hydrogen-bond acceptors (Lipinski definition) is 9. The predicted octanol–water partition coefficient (Wildman–Crippen LogP) is 3.78. The number of nitrogens with zero attached hydrogens (tertiary/aromatic N) is 5. The number of β-amino-alcohol motifs (C(OH)–C–C–N with tert-alkyl or cyclic N) is 1. The molecule has 2 amide bonds. The number of tetrazole rings is 1. The van der Waals surface area contributed by atoms with Crippen LogP contribution in [-0.2, 0) is 22.6 Å². The van der Waals surface area contributed by atoms with Gasteiger partial charge in [0.1, 0.15) is 11.6 Å². The molecule has 1 aliphatic heterocycles. The third kappa shape index (κ3) is 6.76. The molecule has 5 aromatic rings. The molecule has 0 fully saturated rings. The minimum Gasteiger partial charge on any atom is -0.436 e. The van der Waals surface area contributed by atoms with Crippen molar-refractivity contribution in [2.24, 2.45) is 0 Å². The Labute approximate surface area is 260 Å². The monoisotopic (exact) mass is 608 g/mol. The number of H-pyrrole nitrogens is 1. The number of carbonyl (C=O) groups is 2. The van der Waals surface area contributed by atoms with Crippen LogP contribution in [0.15, 0.2) is 71.1 Å². The Morgan fingerprint density at radius 2 is 1.91 bits per heavy atom. The number of aliphatic hydroxyl groups is 1. The fourth-order valence-electron chi connectivity index (χ4n) is 5.66. The van der Waals surface area contributed by atoms with Crippen molar-refractivity contribution in [2.45, 2.75) is 64.3 Å². The summed E-state index contributed by atoms with van der Waals surface area (Å²) in [5.74, 6) is 0.547. The second-order valence-corrected chi connectivity index (χ2v) is 12.1. The molecule has 0 unspecified atom stereocenters. The average Bonchev–Trinajstić information content (AvgIpc) is 3.69. The van der Waals surface area contributed by atoms with E-state index in [0.29, 0.717) is 48.7 Å². The van der Waals surface area contributed by atoms with Crippen LogP contribution in [0.1, 0.15) is 44.7 Å². The molecule has 0 radical (unpaired) electrons. The molecule has 3 aromatic carbocycles. The van der Waals surface area contributed by atoms with Gasteiger partial charge in [-0.3, -0.25) is 9.59 Å². The lowest BCUT2D eigenvalue weighted by molar-refractivity contribution is -0.128. The molecule has 6 rings (SSSR count). The summed E-state index contributed by atoms with van der Waals surface area (Å²) < 4.78 is 6.13. The first kappa shape index (κ1) is 30.1. The number of aryl methyl sites for hydroxylation is 1. The largest absolute Gasteiger partial charge is 0.436 e. The Bertz CT molecular complexity index is 1810. The maximum atomic E-state index is 14.0. The molecule has 0 aliphatic carbocycles. The van der Waals surface area contributed by atoms with Crippen LogP contribution in [0.5, 0.6) is 0 Å². The molecule has 4 N–H and O–H groups in total. The predicted molar refractivity (Wildman–Crippen MR) is 169 cm³/mol. The highest BCUT2D eigenvalue weighted by Crippen LogP contribution is 2.33. The van der Waals surface area contributed by atoms with E-state index >= 15 is 0 Å². The van der Waals surface area contributed by atoms with E-state index in [0.717, 1.165) is 27.9 Å². The molecular formula is C33H36N8O4. The van der Waals surface area contributed by atoms with Crippen LogP contribution < -0.4 is 15.5 Å². The zero-order valence-corrected chi connectivity index (χ0v) is 25.4. The van der Waals surface area contributed by atoms with Crippen LogP contribution >= 0.6 is 0 Å². The molecule has 0 saturated heterocycles. The molecule has 0 bridgehead atoms. The van der Waals surface area contributed by atoms with E-state index in [1.807, 2.05) is 80.6 Å². The van der Waals surface area contributed by atoms with Gasteiger partial charge in [-0.1, -0.05) is 42.5 Å².